The van der Waals surface area contributed by atoms with Gasteiger partial charge in [-0.15, -0.1) is 0 Å². The van der Waals surface area contributed by atoms with E-state index in [1.54, 1.807) is 54.2 Å². The number of methoxy groups -OCH3 is 1. The molecule has 2 aromatic heterocycles. The molecule has 20 heavy (non-hydrogen) atoms. The molecule has 3 aromatic rings. The van der Waals surface area contributed by atoms with Crippen LogP contribution in [-0.2, 0) is 0 Å². The molecule has 0 spiro atoms. The van der Waals surface area contributed by atoms with Gasteiger partial charge in [-0.2, -0.15) is 5.10 Å². The summed E-state index contributed by atoms with van der Waals surface area (Å²) in [6.45, 7) is 0. The van der Waals surface area contributed by atoms with Gasteiger partial charge in [-0.1, -0.05) is 6.07 Å². The molecule has 0 fully saturated rings. The van der Waals surface area contributed by atoms with Crippen molar-refractivity contribution in [3.63, 3.8) is 0 Å². The number of ether oxygens (including phenoxy) is 1. The second kappa shape index (κ2) is 5.00. The first kappa shape index (κ1) is 12.2. The lowest BCUT2D eigenvalue weighted by Crippen LogP contribution is -2.12. The minimum Gasteiger partial charge on any atom is -0.497 e. The van der Waals surface area contributed by atoms with Crippen molar-refractivity contribution in [2.45, 2.75) is 0 Å². The molecule has 6 nitrogen and oxygen atoms in total. The molecular formula is C14H12N4O2. The van der Waals surface area contributed by atoms with Crippen LogP contribution in [0.1, 0.15) is 10.4 Å². The molecule has 0 unspecified atom stereocenters. The number of nitrogens with zero attached hydrogens (tertiary/aromatic N) is 3. The molecule has 1 amide bonds. The monoisotopic (exact) mass is 268 g/mol. The van der Waals surface area contributed by atoms with E-state index >= 15 is 0 Å². The topological polar surface area (TPSA) is 68.5 Å². The van der Waals surface area contributed by atoms with Gasteiger partial charge in [0.05, 0.1) is 12.8 Å². The predicted molar refractivity (Wildman–Crippen MR) is 73.9 cm³/mol. The number of hydrogen-bond donors (Lipinski definition) is 1. The molecule has 0 atom stereocenters. The molecular weight excluding hydrogens is 256 g/mol. The van der Waals surface area contributed by atoms with Gasteiger partial charge in [0.15, 0.2) is 5.65 Å². The van der Waals surface area contributed by atoms with Crippen LogP contribution in [0.15, 0.2) is 48.9 Å². The van der Waals surface area contributed by atoms with E-state index in [1.807, 2.05) is 0 Å². The number of amides is 1. The van der Waals surface area contributed by atoms with Crippen LogP contribution in [0.2, 0.25) is 0 Å². The smallest absolute Gasteiger partial charge is 0.255 e. The molecule has 1 aromatic carbocycles. The number of anilines is 1. The highest BCUT2D eigenvalue weighted by atomic mass is 16.5. The van der Waals surface area contributed by atoms with Crippen molar-refractivity contribution in [2.75, 3.05) is 12.4 Å². The predicted octanol–water partition coefficient (Wildman–Crippen LogP) is 1.99. The summed E-state index contributed by atoms with van der Waals surface area (Å²) in [4.78, 5) is 16.3. The Morgan fingerprint density at radius 2 is 2.20 bits per heavy atom. The van der Waals surface area contributed by atoms with Crippen LogP contribution in [-0.4, -0.2) is 27.6 Å². The maximum Gasteiger partial charge on any atom is 0.255 e. The standard InChI is InChI=1S/C14H12N4O2/c1-20-11-5-2-4-10(8-11)14(19)17-12-6-3-7-18-13(12)15-9-16-18/h2-9H,1H3,(H,17,19). The number of carbonyl (C=O) groups excluding carboxylic acids is 1. The molecule has 0 radical (unpaired) electrons. The number of aromatic nitrogens is 3. The Hall–Kier alpha value is -2.89. The van der Waals surface area contributed by atoms with Crippen LogP contribution in [0, 0.1) is 0 Å². The number of nitrogens with one attached hydrogen (secondary N) is 1. The van der Waals surface area contributed by atoms with Crippen molar-refractivity contribution in [1.29, 1.82) is 0 Å². The van der Waals surface area contributed by atoms with Gasteiger partial charge in [0.25, 0.3) is 5.91 Å². The molecule has 2 heterocycles. The molecule has 1 N–H and O–H groups in total. The van der Waals surface area contributed by atoms with Gasteiger partial charge in [-0.05, 0) is 30.3 Å². The largest absolute Gasteiger partial charge is 0.497 e. The fourth-order valence-electron chi connectivity index (χ4n) is 1.90. The molecule has 6 heteroatoms. The van der Waals surface area contributed by atoms with E-state index in [2.05, 4.69) is 15.4 Å². The maximum atomic E-state index is 12.2. The van der Waals surface area contributed by atoms with Gasteiger partial charge in [-0.3, -0.25) is 4.79 Å². The van der Waals surface area contributed by atoms with Crippen LogP contribution in [0.25, 0.3) is 5.65 Å². The summed E-state index contributed by atoms with van der Waals surface area (Å²) >= 11 is 0. The van der Waals surface area contributed by atoms with Crippen LogP contribution in [0.3, 0.4) is 0 Å². The summed E-state index contributed by atoms with van der Waals surface area (Å²) < 4.78 is 6.70. The lowest BCUT2D eigenvalue weighted by Gasteiger charge is -2.07. The zero-order valence-electron chi connectivity index (χ0n) is 10.8. The number of rotatable bonds is 3. The Kier molecular flexibility index (Phi) is 3.04. The number of pyridine rings is 1. The van der Waals surface area contributed by atoms with Crippen molar-refractivity contribution in [3.8, 4) is 5.75 Å². The summed E-state index contributed by atoms with van der Waals surface area (Å²) in [7, 11) is 1.56. The van der Waals surface area contributed by atoms with E-state index < -0.39 is 0 Å². The third-order valence-electron chi connectivity index (χ3n) is 2.88. The van der Waals surface area contributed by atoms with Gasteiger partial charge < -0.3 is 10.1 Å². The first-order valence-corrected chi connectivity index (χ1v) is 6.02. The van der Waals surface area contributed by atoms with Gasteiger partial charge in [0, 0.05) is 11.8 Å². The van der Waals surface area contributed by atoms with Crippen molar-refractivity contribution in [3.05, 3.63) is 54.5 Å². The quantitative estimate of drug-likeness (QED) is 0.788. The van der Waals surface area contributed by atoms with Gasteiger partial charge in [0.2, 0.25) is 0 Å². The molecule has 0 aliphatic heterocycles. The fraction of sp³-hybridized carbons (Fsp3) is 0.0714. The number of benzene rings is 1. The van der Waals surface area contributed by atoms with Gasteiger partial charge >= 0.3 is 0 Å². The Morgan fingerprint density at radius 3 is 3.05 bits per heavy atom. The third kappa shape index (κ3) is 2.18. The Balaban J connectivity index is 1.90. The summed E-state index contributed by atoms with van der Waals surface area (Å²) in [5, 5.41) is 6.84. The van der Waals surface area contributed by atoms with Crippen molar-refractivity contribution in [1.82, 2.24) is 14.6 Å². The summed E-state index contributed by atoms with van der Waals surface area (Å²) in [6.07, 6.45) is 3.21. The highest BCUT2D eigenvalue weighted by molar-refractivity contribution is 6.06. The zero-order valence-corrected chi connectivity index (χ0v) is 10.8. The lowest BCUT2D eigenvalue weighted by molar-refractivity contribution is 0.102. The van der Waals surface area contributed by atoms with E-state index in [0.717, 1.165) is 0 Å². The van der Waals surface area contributed by atoms with E-state index in [0.29, 0.717) is 22.6 Å². The zero-order chi connectivity index (χ0) is 13.9. The SMILES string of the molecule is COc1cccc(C(=O)Nc2cccn3ncnc23)c1. The minimum atomic E-state index is -0.222. The first-order valence-electron chi connectivity index (χ1n) is 6.02. The molecule has 100 valence electrons. The molecule has 0 saturated heterocycles. The normalized spacial score (nSPS) is 10.4. The maximum absolute atomic E-state index is 12.2. The van der Waals surface area contributed by atoms with E-state index in [-0.39, 0.29) is 5.91 Å². The van der Waals surface area contributed by atoms with Crippen LogP contribution in [0.4, 0.5) is 5.69 Å². The number of carbonyl (C=O) groups is 1. The summed E-state index contributed by atoms with van der Waals surface area (Å²) in [5.74, 6) is 0.415. The molecule has 0 saturated carbocycles. The average molecular weight is 268 g/mol. The molecule has 3 rings (SSSR count). The molecule has 0 bridgehead atoms. The molecule has 0 aliphatic carbocycles. The Bertz CT molecular complexity index is 766. The second-order valence-corrected chi connectivity index (χ2v) is 4.14. The molecule has 0 aliphatic rings. The Labute approximate surface area is 115 Å². The van der Waals surface area contributed by atoms with Crippen LogP contribution < -0.4 is 10.1 Å². The highest BCUT2D eigenvalue weighted by Gasteiger charge is 2.10. The van der Waals surface area contributed by atoms with Crippen molar-refractivity contribution in [2.24, 2.45) is 0 Å². The third-order valence-corrected chi connectivity index (χ3v) is 2.88. The lowest BCUT2D eigenvalue weighted by atomic mass is 10.2. The number of fused-ring (bicyclic) bond motifs is 1. The minimum absolute atomic E-state index is 0.222. The van der Waals surface area contributed by atoms with Crippen molar-refractivity contribution < 1.29 is 9.53 Å². The van der Waals surface area contributed by atoms with Gasteiger partial charge in [-0.25, -0.2) is 9.50 Å². The number of hydrogen-bond acceptors (Lipinski definition) is 4. The summed E-state index contributed by atoms with van der Waals surface area (Å²) in [6, 6.07) is 10.5. The average Bonchev–Trinajstić information content (AvgIpc) is 2.97. The van der Waals surface area contributed by atoms with Crippen LogP contribution in [0.5, 0.6) is 5.75 Å². The highest BCUT2D eigenvalue weighted by Crippen LogP contribution is 2.17. The van der Waals surface area contributed by atoms with E-state index in [4.69, 9.17) is 4.74 Å². The second-order valence-electron chi connectivity index (χ2n) is 4.14. The summed E-state index contributed by atoms with van der Waals surface area (Å²) in [5.41, 5.74) is 1.73. The fourth-order valence-corrected chi connectivity index (χ4v) is 1.90. The van der Waals surface area contributed by atoms with Gasteiger partial charge in [0.1, 0.15) is 12.1 Å². The van der Waals surface area contributed by atoms with E-state index in [9.17, 15) is 4.79 Å². The van der Waals surface area contributed by atoms with E-state index in [1.165, 1.54) is 6.33 Å². The van der Waals surface area contributed by atoms with Crippen LogP contribution >= 0.6 is 0 Å². The van der Waals surface area contributed by atoms with Crippen molar-refractivity contribution >= 4 is 17.2 Å². The Morgan fingerprint density at radius 1 is 1.30 bits per heavy atom. The first-order chi connectivity index (χ1) is 9.78.